The maximum absolute atomic E-state index is 4.76. The third kappa shape index (κ3) is 2.50. The van der Waals surface area contributed by atoms with Gasteiger partial charge in [0.15, 0.2) is 5.65 Å². The summed E-state index contributed by atoms with van der Waals surface area (Å²) in [6, 6.07) is 5.94. The Balaban J connectivity index is 1.81. The first-order chi connectivity index (χ1) is 10.8. The summed E-state index contributed by atoms with van der Waals surface area (Å²) in [4.78, 5) is 8.89. The van der Waals surface area contributed by atoms with Gasteiger partial charge in [-0.05, 0) is 39.9 Å². The van der Waals surface area contributed by atoms with E-state index in [1.54, 1.807) is 34.9 Å². The first-order valence-electron chi connectivity index (χ1n) is 6.83. The van der Waals surface area contributed by atoms with Gasteiger partial charge < -0.3 is 5.32 Å². The number of pyridine rings is 1. The van der Waals surface area contributed by atoms with Crippen LogP contribution in [0.3, 0.4) is 0 Å². The number of rotatable bonds is 3. The van der Waals surface area contributed by atoms with Gasteiger partial charge >= 0.3 is 0 Å². The van der Waals surface area contributed by atoms with Crippen molar-refractivity contribution in [2.45, 2.75) is 11.7 Å². The molecule has 4 heterocycles. The third-order valence-electron chi connectivity index (χ3n) is 3.40. The van der Waals surface area contributed by atoms with E-state index in [0.717, 1.165) is 33.7 Å². The highest BCUT2D eigenvalue weighted by molar-refractivity contribution is 9.10. The van der Waals surface area contributed by atoms with Gasteiger partial charge in [-0.1, -0.05) is 6.08 Å². The molecule has 4 rings (SSSR count). The Kier molecular flexibility index (Phi) is 3.59. The molecule has 22 heavy (non-hydrogen) atoms. The molecule has 7 heteroatoms. The van der Waals surface area contributed by atoms with Crippen LogP contribution in [-0.4, -0.2) is 19.6 Å². The molecule has 1 aliphatic rings. The lowest BCUT2D eigenvalue weighted by molar-refractivity contribution is 0.889. The summed E-state index contributed by atoms with van der Waals surface area (Å²) in [5.74, 6) is 0.881. The molecule has 0 spiro atoms. The van der Waals surface area contributed by atoms with Gasteiger partial charge in [0, 0.05) is 12.3 Å². The molecule has 1 aliphatic heterocycles. The van der Waals surface area contributed by atoms with E-state index in [-0.39, 0.29) is 0 Å². The minimum absolute atomic E-state index is 0.362. The second-order valence-corrected chi connectivity index (χ2v) is 6.86. The summed E-state index contributed by atoms with van der Waals surface area (Å²) >= 11 is 5.32. The standard InChI is InChI=1S/C15H12BrN5S/c16-11-9-18-21-14(19-10-3-1-5-17-8-10)7-12(20-15(11)21)13-4-2-6-22-13/h1-3,5-9,13,19H,4H2. The van der Waals surface area contributed by atoms with Crippen LogP contribution >= 0.6 is 27.7 Å². The summed E-state index contributed by atoms with van der Waals surface area (Å²) in [7, 11) is 0. The molecule has 0 radical (unpaired) electrons. The zero-order valence-electron chi connectivity index (χ0n) is 11.5. The summed E-state index contributed by atoms with van der Waals surface area (Å²) in [5, 5.41) is 10.3. The molecule has 1 unspecified atom stereocenters. The Hall–Kier alpha value is -1.86. The minimum atomic E-state index is 0.362. The second kappa shape index (κ2) is 5.73. The van der Waals surface area contributed by atoms with Gasteiger partial charge in [0.1, 0.15) is 5.82 Å². The first-order valence-corrected chi connectivity index (χ1v) is 8.56. The fourth-order valence-electron chi connectivity index (χ4n) is 2.37. The van der Waals surface area contributed by atoms with Crippen LogP contribution in [0.2, 0.25) is 0 Å². The van der Waals surface area contributed by atoms with Crippen LogP contribution < -0.4 is 5.32 Å². The van der Waals surface area contributed by atoms with Gasteiger partial charge in [-0.2, -0.15) is 9.61 Å². The van der Waals surface area contributed by atoms with E-state index in [1.807, 2.05) is 12.1 Å². The fourth-order valence-corrected chi connectivity index (χ4v) is 3.61. The number of halogens is 1. The van der Waals surface area contributed by atoms with Crippen LogP contribution in [-0.2, 0) is 0 Å². The van der Waals surface area contributed by atoms with E-state index in [0.29, 0.717) is 5.25 Å². The van der Waals surface area contributed by atoms with Crippen LogP contribution in [0.4, 0.5) is 11.5 Å². The van der Waals surface area contributed by atoms with Crippen LogP contribution in [0.1, 0.15) is 17.4 Å². The highest BCUT2D eigenvalue weighted by Crippen LogP contribution is 2.39. The van der Waals surface area contributed by atoms with Crippen LogP contribution in [0.5, 0.6) is 0 Å². The topological polar surface area (TPSA) is 55.1 Å². The first kappa shape index (κ1) is 13.8. The molecule has 0 aliphatic carbocycles. The second-order valence-electron chi connectivity index (χ2n) is 4.89. The van der Waals surface area contributed by atoms with Crippen molar-refractivity contribution < 1.29 is 0 Å². The van der Waals surface area contributed by atoms with Gasteiger partial charge in [-0.3, -0.25) is 4.98 Å². The number of hydrogen-bond donors (Lipinski definition) is 1. The van der Waals surface area contributed by atoms with Gasteiger partial charge in [-0.15, -0.1) is 11.8 Å². The van der Waals surface area contributed by atoms with E-state index in [9.17, 15) is 0 Å². The summed E-state index contributed by atoms with van der Waals surface area (Å²) in [6.07, 6.45) is 8.49. The molecule has 110 valence electrons. The molecule has 1 N–H and O–H groups in total. The van der Waals surface area contributed by atoms with E-state index >= 15 is 0 Å². The highest BCUT2D eigenvalue weighted by Gasteiger charge is 2.19. The Morgan fingerprint density at radius 1 is 1.36 bits per heavy atom. The summed E-state index contributed by atoms with van der Waals surface area (Å²) < 4.78 is 2.69. The molecule has 1 atom stereocenters. The normalized spacial score (nSPS) is 17.2. The van der Waals surface area contributed by atoms with Crippen molar-refractivity contribution in [1.82, 2.24) is 19.6 Å². The van der Waals surface area contributed by atoms with Crippen LogP contribution in [0, 0.1) is 0 Å². The minimum Gasteiger partial charge on any atom is -0.339 e. The smallest absolute Gasteiger partial charge is 0.171 e. The monoisotopic (exact) mass is 373 g/mol. The average Bonchev–Trinajstić information content (AvgIpc) is 3.19. The Morgan fingerprint density at radius 2 is 2.32 bits per heavy atom. The number of aromatic nitrogens is 4. The summed E-state index contributed by atoms with van der Waals surface area (Å²) in [6.45, 7) is 0. The number of nitrogens with zero attached hydrogens (tertiary/aromatic N) is 4. The van der Waals surface area contributed by atoms with Crippen molar-refractivity contribution in [1.29, 1.82) is 0 Å². The Morgan fingerprint density at radius 3 is 3.09 bits per heavy atom. The molecule has 0 fully saturated rings. The number of anilines is 2. The molecular weight excluding hydrogens is 362 g/mol. The van der Waals surface area contributed by atoms with Crippen LogP contribution in [0.15, 0.2) is 52.7 Å². The van der Waals surface area contributed by atoms with Crippen molar-refractivity contribution in [2.75, 3.05) is 5.32 Å². The zero-order valence-corrected chi connectivity index (χ0v) is 13.9. The SMILES string of the molecule is Brc1cnn2c(Nc3cccnc3)cc(C3CC=CS3)nc12. The van der Waals surface area contributed by atoms with Crippen molar-refractivity contribution in [2.24, 2.45) is 0 Å². The molecule has 0 bridgehead atoms. The maximum atomic E-state index is 4.76. The van der Waals surface area contributed by atoms with Gasteiger partial charge in [0.25, 0.3) is 0 Å². The largest absolute Gasteiger partial charge is 0.339 e. The predicted molar refractivity (Wildman–Crippen MR) is 92.3 cm³/mol. The molecular formula is C15H12BrN5S. The summed E-state index contributed by atoms with van der Waals surface area (Å²) in [5.41, 5.74) is 2.79. The van der Waals surface area contributed by atoms with Crippen molar-refractivity contribution in [3.63, 3.8) is 0 Å². The fraction of sp³-hybridized carbons (Fsp3) is 0.133. The van der Waals surface area contributed by atoms with Gasteiger partial charge in [0.2, 0.25) is 0 Å². The van der Waals surface area contributed by atoms with Crippen molar-refractivity contribution in [3.05, 3.63) is 58.4 Å². The highest BCUT2D eigenvalue weighted by atomic mass is 79.9. The molecule has 3 aromatic rings. The number of hydrogen-bond acceptors (Lipinski definition) is 5. The van der Waals surface area contributed by atoms with Crippen molar-refractivity contribution >= 4 is 44.8 Å². The number of allylic oxidation sites excluding steroid dienone is 1. The maximum Gasteiger partial charge on any atom is 0.171 e. The quantitative estimate of drug-likeness (QED) is 0.740. The van der Waals surface area contributed by atoms with Crippen molar-refractivity contribution in [3.8, 4) is 0 Å². The molecule has 0 amide bonds. The molecule has 5 nitrogen and oxygen atoms in total. The molecule has 0 saturated carbocycles. The number of thioether (sulfide) groups is 1. The number of nitrogens with one attached hydrogen (secondary N) is 1. The molecule has 0 aromatic carbocycles. The lowest BCUT2D eigenvalue weighted by atomic mass is 10.2. The third-order valence-corrected chi connectivity index (χ3v) is 5.07. The Labute approximate surface area is 140 Å². The molecule has 3 aromatic heterocycles. The van der Waals surface area contributed by atoms with E-state index < -0.39 is 0 Å². The van der Waals surface area contributed by atoms with Gasteiger partial charge in [0.05, 0.1) is 33.5 Å². The zero-order chi connectivity index (χ0) is 14.9. The lowest BCUT2D eigenvalue weighted by Crippen LogP contribution is -2.05. The Bertz CT molecular complexity index is 838. The molecule has 0 saturated heterocycles. The predicted octanol–water partition coefficient (Wildman–Crippen LogP) is 4.32. The van der Waals surface area contributed by atoms with E-state index in [2.05, 4.69) is 48.9 Å². The average molecular weight is 374 g/mol. The van der Waals surface area contributed by atoms with Crippen LogP contribution in [0.25, 0.3) is 5.65 Å². The van der Waals surface area contributed by atoms with E-state index in [1.165, 1.54) is 0 Å². The lowest BCUT2D eigenvalue weighted by Gasteiger charge is -2.13. The van der Waals surface area contributed by atoms with Gasteiger partial charge in [-0.25, -0.2) is 4.98 Å². The number of fused-ring (bicyclic) bond motifs is 1. The van der Waals surface area contributed by atoms with E-state index in [4.69, 9.17) is 4.98 Å².